The molecule has 2 aromatic carbocycles. The van der Waals surface area contributed by atoms with Gasteiger partial charge < -0.3 is 20.1 Å². The molecular weight excluding hydrogens is 440 g/mol. The fraction of sp³-hybridized carbons (Fsp3) is 0.308. The van der Waals surface area contributed by atoms with E-state index < -0.39 is 17.9 Å². The van der Waals surface area contributed by atoms with Gasteiger partial charge in [-0.15, -0.1) is 0 Å². The van der Waals surface area contributed by atoms with Crippen LogP contribution in [0, 0.1) is 0 Å². The van der Waals surface area contributed by atoms with E-state index in [4.69, 9.17) is 21.1 Å². The lowest BCUT2D eigenvalue weighted by atomic mass is 9.80. The second-order valence-corrected chi connectivity index (χ2v) is 8.21. The van der Waals surface area contributed by atoms with Gasteiger partial charge in [0.15, 0.2) is 0 Å². The lowest BCUT2D eigenvalue weighted by Gasteiger charge is -2.30. The molecular formula is C26H29ClN2O4. The zero-order chi connectivity index (χ0) is 24.0. The quantitative estimate of drug-likeness (QED) is 0.638. The van der Waals surface area contributed by atoms with Gasteiger partial charge in [-0.2, -0.15) is 0 Å². The van der Waals surface area contributed by atoms with Crippen molar-refractivity contribution in [2.75, 3.05) is 13.7 Å². The van der Waals surface area contributed by atoms with Gasteiger partial charge in [-0.25, -0.2) is 9.59 Å². The second-order valence-electron chi connectivity index (χ2n) is 7.77. The Balaban J connectivity index is 0.000000280. The van der Waals surface area contributed by atoms with Crippen LogP contribution in [-0.4, -0.2) is 25.7 Å². The number of rotatable bonds is 4. The number of methoxy groups -OCH3 is 1. The molecule has 2 aromatic rings. The van der Waals surface area contributed by atoms with Crippen LogP contribution in [0.3, 0.4) is 0 Å². The van der Waals surface area contributed by atoms with Gasteiger partial charge in [0.2, 0.25) is 0 Å². The molecule has 174 valence electrons. The van der Waals surface area contributed by atoms with Crippen LogP contribution < -0.4 is 10.6 Å². The number of hydrogen-bond acceptors (Lipinski definition) is 6. The van der Waals surface area contributed by atoms with Crippen LogP contribution >= 0.6 is 11.6 Å². The van der Waals surface area contributed by atoms with Crippen LogP contribution in [0.15, 0.2) is 71.1 Å². The van der Waals surface area contributed by atoms with Gasteiger partial charge in [-0.3, -0.25) is 0 Å². The molecule has 6 nitrogen and oxygen atoms in total. The number of benzene rings is 2. The predicted molar refractivity (Wildman–Crippen MR) is 128 cm³/mol. The topological polar surface area (TPSA) is 76.7 Å². The fourth-order valence-corrected chi connectivity index (χ4v) is 4.31. The Hall–Kier alpha value is -3.09. The number of esters is 2. The van der Waals surface area contributed by atoms with E-state index >= 15 is 0 Å². The van der Waals surface area contributed by atoms with E-state index in [2.05, 4.69) is 34.9 Å². The predicted octanol–water partition coefficient (Wildman–Crippen LogP) is 4.60. The third-order valence-corrected chi connectivity index (χ3v) is 5.83. The van der Waals surface area contributed by atoms with Gasteiger partial charge in [0, 0.05) is 29.5 Å². The second kappa shape index (κ2) is 11.2. The molecule has 1 atom stereocenters. The highest BCUT2D eigenvalue weighted by molar-refractivity contribution is 6.30. The van der Waals surface area contributed by atoms with Crippen LogP contribution in [-0.2, 0) is 32.2 Å². The van der Waals surface area contributed by atoms with Gasteiger partial charge in [-0.05, 0) is 49.6 Å². The largest absolute Gasteiger partial charge is 0.466 e. The smallest absolute Gasteiger partial charge is 0.336 e. The number of hydrogen-bond donors (Lipinski definition) is 2. The van der Waals surface area contributed by atoms with E-state index in [-0.39, 0.29) is 6.61 Å². The van der Waals surface area contributed by atoms with Crippen molar-refractivity contribution < 1.29 is 19.1 Å². The number of allylic oxidation sites excluding steroid dienone is 2. The maximum atomic E-state index is 12.5. The van der Waals surface area contributed by atoms with Crippen molar-refractivity contribution >= 4 is 23.5 Å². The van der Waals surface area contributed by atoms with Gasteiger partial charge in [0.1, 0.15) is 0 Å². The molecule has 0 saturated carbocycles. The Kier molecular flexibility index (Phi) is 8.31. The van der Waals surface area contributed by atoms with Gasteiger partial charge >= 0.3 is 11.9 Å². The standard InChI is InChI=1S/C18H20ClNO4.C8H9N/c1-5-24-18(22)15-11(3)20-10(2)14(17(21)23-4)16(15)12-7-6-8-13(19)9-12;1-2-4-8-6-9-5-7(8)3-1/h6-9,16,20H,5H2,1-4H3;1-4,9H,5-6H2. The molecule has 0 bridgehead atoms. The van der Waals surface area contributed by atoms with Crippen LogP contribution in [0.4, 0.5) is 0 Å². The summed E-state index contributed by atoms with van der Waals surface area (Å²) < 4.78 is 10.1. The molecule has 0 saturated heterocycles. The first kappa shape index (κ1) is 24.6. The van der Waals surface area contributed by atoms with Crippen molar-refractivity contribution in [1.82, 2.24) is 10.6 Å². The summed E-state index contributed by atoms with van der Waals surface area (Å²) in [6.45, 7) is 7.64. The number of dihydropyridines is 1. The van der Waals surface area contributed by atoms with Gasteiger partial charge in [0.25, 0.3) is 0 Å². The fourth-order valence-electron chi connectivity index (χ4n) is 4.11. The molecule has 2 aliphatic rings. The first-order valence-corrected chi connectivity index (χ1v) is 11.2. The zero-order valence-corrected chi connectivity index (χ0v) is 20.1. The molecule has 2 aliphatic heterocycles. The zero-order valence-electron chi connectivity index (χ0n) is 19.3. The average Bonchev–Trinajstić information content (AvgIpc) is 3.27. The lowest BCUT2D eigenvalue weighted by Crippen LogP contribution is -2.32. The third-order valence-electron chi connectivity index (χ3n) is 5.59. The summed E-state index contributed by atoms with van der Waals surface area (Å²) in [5, 5.41) is 6.88. The van der Waals surface area contributed by atoms with Crippen molar-refractivity contribution in [2.24, 2.45) is 0 Å². The van der Waals surface area contributed by atoms with E-state index in [0.717, 1.165) is 18.7 Å². The third kappa shape index (κ3) is 5.64. The first-order valence-electron chi connectivity index (χ1n) is 10.8. The summed E-state index contributed by atoms with van der Waals surface area (Å²) >= 11 is 6.11. The minimum absolute atomic E-state index is 0.244. The number of carbonyl (C=O) groups is 2. The van der Waals surface area contributed by atoms with E-state index in [1.54, 1.807) is 39.0 Å². The molecule has 33 heavy (non-hydrogen) atoms. The van der Waals surface area contributed by atoms with Crippen LogP contribution in [0.1, 0.15) is 43.4 Å². The monoisotopic (exact) mass is 468 g/mol. The Morgan fingerprint density at radius 1 is 0.970 bits per heavy atom. The number of carbonyl (C=O) groups excluding carboxylic acids is 2. The van der Waals surface area contributed by atoms with Crippen molar-refractivity contribution in [3.8, 4) is 0 Å². The van der Waals surface area contributed by atoms with E-state index in [0.29, 0.717) is 27.6 Å². The Morgan fingerprint density at radius 3 is 2.12 bits per heavy atom. The highest BCUT2D eigenvalue weighted by atomic mass is 35.5. The molecule has 7 heteroatoms. The normalized spacial score (nSPS) is 16.9. The van der Waals surface area contributed by atoms with Crippen molar-refractivity contribution in [1.29, 1.82) is 0 Å². The molecule has 0 fully saturated rings. The molecule has 2 heterocycles. The Bertz CT molecular complexity index is 1080. The number of nitrogens with one attached hydrogen (secondary N) is 2. The van der Waals surface area contributed by atoms with Crippen molar-refractivity contribution in [3.05, 3.63) is 92.8 Å². The molecule has 0 spiro atoms. The molecule has 0 aliphatic carbocycles. The van der Waals surface area contributed by atoms with E-state index in [1.807, 2.05) is 6.07 Å². The minimum Gasteiger partial charge on any atom is -0.466 e. The Labute approximate surface area is 199 Å². The minimum atomic E-state index is -0.601. The Morgan fingerprint density at radius 2 is 1.58 bits per heavy atom. The number of fused-ring (bicyclic) bond motifs is 1. The van der Waals surface area contributed by atoms with Crippen LogP contribution in [0.5, 0.6) is 0 Å². The van der Waals surface area contributed by atoms with E-state index in [1.165, 1.54) is 18.2 Å². The molecule has 0 radical (unpaired) electrons. The van der Waals surface area contributed by atoms with Gasteiger partial charge in [-0.1, -0.05) is 48.0 Å². The van der Waals surface area contributed by atoms with Crippen LogP contribution in [0.2, 0.25) is 5.02 Å². The van der Waals surface area contributed by atoms with E-state index in [9.17, 15) is 9.59 Å². The summed E-state index contributed by atoms with van der Waals surface area (Å²) in [6, 6.07) is 15.6. The van der Waals surface area contributed by atoms with Gasteiger partial charge in [0.05, 0.1) is 30.8 Å². The summed E-state index contributed by atoms with van der Waals surface area (Å²) in [5.41, 5.74) is 5.67. The summed E-state index contributed by atoms with van der Waals surface area (Å²) in [6.07, 6.45) is 0. The maximum absolute atomic E-state index is 12.5. The highest BCUT2D eigenvalue weighted by Crippen LogP contribution is 2.39. The summed E-state index contributed by atoms with van der Waals surface area (Å²) in [5.74, 6) is -1.57. The molecule has 4 rings (SSSR count). The molecule has 2 N–H and O–H groups in total. The van der Waals surface area contributed by atoms with Crippen LogP contribution in [0.25, 0.3) is 0 Å². The molecule has 0 amide bonds. The maximum Gasteiger partial charge on any atom is 0.336 e. The van der Waals surface area contributed by atoms with Crippen molar-refractivity contribution in [2.45, 2.75) is 39.8 Å². The van der Waals surface area contributed by atoms with Crippen molar-refractivity contribution in [3.63, 3.8) is 0 Å². The summed E-state index contributed by atoms with van der Waals surface area (Å²) in [4.78, 5) is 24.9. The average molecular weight is 469 g/mol. The first-order chi connectivity index (χ1) is 15.9. The number of halogens is 1. The lowest BCUT2D eigenvalue weighted by molar-refractivity contribution is -0.139. The highest BCUT2D eigenvalue weighted by Gasteiger charge is 2.37. The summed E-state index contributed by atoms with van der Waals surface area (Å²) in [7, 11) is 1.31. The molecule has 1 unspecified atom stereocenters. The SMILES string of the molecule is CCOC(=O)C1=C(C)NC(C)=C(C(=O)OC)C1c1cccc(Cl)c1.c1ccc2c(c1)CNC2. The number of ether oxygens (including phenoxy) is 2. The molecule has 0 aromatic heterocycles.